The Balaban J connectivity index is 2.05. The third kappa shape index (κ3) is 2.64. The van der Waals surface area contributed by atoms with Crippen molar-refractivity contribution >= 4 is 5.91 Å². The van der Waals surface area contributed by atoms with Crippen molar-refractivity contribution in [3.8, 4) is 5.75 Å². The van der Waals surface area contributed by atoms with Gasteiger partial charge >= 0.3 is 0 Å². The normalized spacial score (nSPS) is 16.9. The molecule has 0 unspecified atom stereocenters. The van der Waals surface area contributed by atoms with Crippen LogP contribution in [-0.4, -0.2) is 42.2 Å². The lowest BCUT2D eigenvalue weighted by molar-refractivity contribution is 0.0350. The lowest BCUT2D eigenvalue weighted by Crippen LogP contribution is -2.40. The number of likely N-dealkylation sites (tertiary alicyclic amines) is 1. The van der Waals surface area contributed by atoms with E-state index in [-0.39, 0.29) is 17.8 Å². The zero-order chi connectivity index (χ0) is 13.1. The second-order valence-electron chi connectivity index (χ2n) is 4.73. The van der Waals surface area contributed by atoms with Gasteiger partial charge in [0.05, 0.1) is 6.10 Å². The Morgan fingerprint density at radius 2 is 2.06 bits per heavy atom. The molecule has 0 aliphatic carbocycles. The Morgan fingerprint density at radius 3 is 2.61 bits per heavy atom. The van der Waals surface area contributed by atoms with E-state index in [0.29, 0.717) is 5.56 Å². The van der Waals surface area contributed by atoms with Crippen LogP contribution in [0, 0.1) is 6.92 Å². The Hall–Kier alpha value is -1.55. The molecule has 98 valence electrons. The third-order valence-corrected chi connectivity index (χ3v) is 3.51. The first-order valence-corrected chi connectivity index (χ1v) is 6.23. The number of benzene rings is 1. The van der Waals surface area contributed by atoms with E-state index in [1.165, 1.54) is 0 Å². The number of carbonyl (C=O) groups is 1. The van der Waals surface area contributed by atoms with E-state index in [2.05, 4.69) is 0 Å². The lowest BCUT2D eigenvalue weighted by Gasteiger charge is -2.31. The van der Waals surface area contributed by atoms with E-state index in [9.17, 15) is 9.90 Å². The van der Waals surface area contributed by atoms with Gasteiger partial charge in [-0.15, -0.1) is 0 Å². The largest absolute Gasteiger partial charge is 0.508 e. The summed E-state index contributed by atoms with van der Waals surface area (Å²) in [6.45, 7) is 3.26. The van der Waals surface area contributed by atoms with Crippen molar-refractivity contribution in [1.29, 1.82) is 0 Å². The average molecular weight is 249 g/mol. The van der Waals surface area contributed by atoms with Crippen LogP contribution < -0.4 is 0 Å². The summed E-state index contributed by atoms with van der Waals surface area (Å²) in [5, 5.41) is 9.46. The molecular formula is C14H19NO3. The highest BCUT2D eigenvalue weighted by Gasteiger charge is 2.23. The highest BCUT2D eigenvalue weighted by atomic mass is 16.5. The van der Waals surface area contributed by atoms with Crippen LogP contribution >= 0.6 is 0 Å². The van der Waals surface area contributed by atoms with Gasteiger partial charge in [0.15, 0.2) is 0 Å². The molecule has 1 amide bonds. The monoisotopic (exact) mass is 249 g/mol. The van der Waals surface area contributed by atoms with E-state index in [1.807, 2.05) is 4.90 Å². The van der Waals surface area contributed by atoms with Gasteiger partial charge in [-0.1, -0.05) is 0 Å². The minimum absolute atomic E-state index is 0.0349. The fraction of sp³-hybridized carbons (Fsp3) is 0.500. The number of hydrogen-bond acceptors (Lipinski definition) is 3. The predicted molar refractivity (Wildman–Crippen MR) is 68.8 cm³/mol. The molecule has 1 aliphatic rings. The molecule has 4 nitrogen and oxygen atoms in total. The maximum atomic E-state index is 12.3. The highest BCUT2D eigenvalue weighted by Crippen LogP contribution is 2.20. The van der Waals surface area contributed by atoms with Gasteiger partial charge in [-0.3, -0.25) is 4.79 Å². The number of piperidine rings is 1. The van der Waals surface area contributed by atoms with E-state index >= 15 is 0 Å². The van der Waals surface area contributed by atoms with Crippen LogP contribution in [0.2, 0.25) is 0 Å². The Kier molecular flexibility index (Phi) is 3.87. The molecule has 0 atom stereocenters. The van der Waals surface area contributed by atoms with Crippen LogP contribution in [0.1, 0.15) is 28.8 Å². The number of phenolic OH excluding ortho intramolecular Hbond substituents is 1. The maximum Gasteiger partial charge on any atom is 0.253 e. The topological polar surface area (TPSA) is 49.8 Å². The van der Waals surface area contributed by atoms with E-state index in [1.54, 1.807) is 32.2 Å². The number of rotatable bonds is 2. The van der Waals surface area contributed by atoms with Crippen molar-refractivity contribution in [2.75, 3.05) is 20.2 Å². The van der Waals surface area contributed by atoms with Crippen LogP contribution in [0.25, 0.3) is 0 Å². The first-order valence-electron chi connectivity index (χ1n) is 6.23. The van der Waals surface area contributed by atoms with Gasteiger partial charge < -0.3 is 14.7 Å². The van der Waals surface area contributed by atoms with Crippen molar-refractivity contribution in [3.63, 3.8) is 0 Å². The molecule has 0 saturated carbocycles. The fourth-order valence-electron chi connectivity index (χ4n) is 2.27. The fourth-order valence-corrected chi connectivity index (χ4v) is 2.27. The first kappa shape index (κ1) is 12.9. The number of aromatic hydroxyl groups is 1. The SMILES string of the molecule is COC1CCN(C(=O)c2ccc(O)c(C)c2)CC1. The Labute approximate surface area is 107 Å². The number of amides is 1. The Bertz CT molecular complexity index is 437. The molecule has 0 aromatic heterocycles. The van der Waals surface area contributed by atoms with Crippen molar-refractivity contribution in [2.24, 2.45) is 0 Å². The van der Waals surface area contributed by atoms with Gasteiger partial charge in [0, 0.05) is 25.8 Å². The van der Waals surface area contributed by atoms with Gasteiger partial charge in [-0.05, 0) is 43.5 Å². The molecule has 1 aromatic rings. The zero-order valence-electron chi connectivity index (χ0n) is 10.8. The number of carbonyl (C=O) groups excluding carboxylic acids is 1. The lowest BCUT2D eigenvalue weighted by atomic mass is 10.1. The van der Waals surface area contributed by atoms with Crippen molar-refractivity contribution in [1.82, 2.24) is 4.90 Å². The second-order valence-corrected chi connectivity index (χ2v) is 4.73. The van der Waals surface area contributed by atoms with Crippen molar-refractivity contribution in [3.05, 3.63) is 29.3 Å². The molecule has 1 saturated heterocycles. The number of hydrogen-bond donors (Lipinski definition) is 1. The quantitative estimate of drug-likeness (QED) is 0.871. The van der Waals surface area contributed by atoms with Crippen LogP contribution in [0.3, 0.4) is 0 Å². The highest BCUT2D eigenvalue weighted by molar-refractivity contribution is 5.94. The minimum atomic E-state index is 0.0349. The molecule has 1 fully saturated rings. The summed E-state index contributed by atoms with van der Waals surface area (Å²) in [6, 6.07) is 4.98. The van der Waals surface area contributed by atoms with Crippen molar-refractivity contribution < 1.29 is 14.6 Å². The van der Waals surface area contributed by atoms with Crippen LogP contribution in [0.5, 0.6) is 5.75 Å². The van der Waals surface area contributed by atoms with Crippen LogP contribution in [0.15, 0.2) is 18.2 Å². The van der Waals surface area contributed by atoms with Gasteiger partial charge in [-0.25, -0.2) is 0 Å². The van der Waals surface area contributed by atoms with Gasteiger partial charge in [0.2, 0.25) is 0 Å². The molecule has 0 spiro atoms. The summed E-state index contributed by atoms with van der Waals surface area (Å²) in [4.78, 5) is 14.1. The molecule has 2 rings (SSSR count). The van der Waals surface area contributed by atoms with Gasteiger partial charge in [-0.2, -0.15) is 0 Å². The van der Waals surface area contributed by atoms with Crippen LogP contribution in [-0.2, 0) is 4.74 Å². The first-order chi connectivity index (χ1) is 8.61. The number of aryl methyl sites for hydroxylation is 1. The van der Waals surface area contributed by atoms with Crippen molar-refractivity contribution in [2.45, 2.75) is 25.9 Å². The van der Waals surface area contributed by atoms with E-state index < -0.39 is 0 Å². The Morgan fingerprint density at radius 1 is 1.39 bits per heavy atom. The van der Waals surface area contributed by atoms with Gasteiger partial charge in [0.1, 0.15) is 5.75 Å². The molecule has 1 heterocycles. The molecule has 1 aromatic carbocycles. The summed E-state index contributed by atoms with van der Waals surface area (Å²) in [6.07, 6.45) is 2.05. The summed E-state index contributed by atoms with van der Waals surface area (Å²) in [5.41, 5.74) is 1.37. The molecular weight excluding hydrogens is 230 g/mol. The summed E-state index contributed by atoms with van der Waals surface area (Å²) >= 11 is 0. The van der Waals surface area contributed by atoms with E-state index in [4.69, 9.17) is 4.74 Å². The molecule has 0 bridgehead atoms. The number of methoxy groups -OCH3 is 1. The maximum absolute atomic E-state index is 12.3. The smallest absolute Gasteiger partial charge is 0.253 e. The van der Waals surface area contributed by atoms with E-state index in [0.717, 1.165) is 31.5 Å². The summed E-state index contributed by atoms with van der Waals surface area (Å²) in [5.74, 6) is 0.261. The average Bonchev–Trinajstić information content (AvgIpc) is 2.41. The standard InChI is InChI=1S/C14H19NO3/c1-10-9-11(3-4-13(10)16)14(17)15-7-5-12(18-2)6-8-15/h3-4,9,12,16H,5-8H2,1-2H3. The van der Waals surface area contributed by atoms with Gasteiger partial charge in [0.25, 0.3) is 5.91 Å². The number of nitrogens with zero attached hydrogens (tertiary/aromatic N) is 1. The molecule has 1 N–H and O–H groups in total. The number of phenols is 1. The molecule has 0 radical (unpaired) electrons. The zero-order valence-corrected chi connectivity index (χ0v) is 10.8. The third-order valence-electron chi connectivity index (χ3n) is 3.51. The summed E-state index contributed by atoms with van der Waals surface area (Å²) < 4.78 is 5.29. The molecule has 4 heteroatoms. The summed E-state index contributed by atoms with van der Waals surface area (Å²) in [7, 11) is 1.71. The van der Waals surface area contributed by atoms with Crippen LogP contribution in [0.4, 0.5) is 0 Å². The molecule has 1 aliphatic heterocycles. The molecule has 18 heavy (non-hydrogen) atoms. The number of ether oxygens (including phenoxy) is 1. The second kappa shape index (κ2) is 5.40. The predicted octanol–water partition coefficient (Wildman–Crippen LogP) is 1.95. The minimum Gasteiger partial charge on any atom is -0.508 e.